The van der Waals surface area contributed by atoms with E-state index in [1.807, 2.05) is 12.1 Å². The van der Waals surface area contributed by atoms with Crippen LogP contribution in [0.5, 0.6) is 0 Å². The third kappa shape index (κ3) is 3.53. The number of aliphatic imine (C=N–C) groups is 3. The Morgan fingerprint density at radius 2 is 1.28 bits per heavy atom. The van der Waals surface area contributed by atoms with Crippen molar-refractivity contribution >= 4 is 62.6 Å². The van der Waals surface area contributed by atoms with Gasteiger partial charge in [0, 0.05) is 28.6 Å². The summed E-state index contributed by atoms with van der Waals surface area (Å²) >= 11 is 0. The second-order valence-corrected chi connectivity index (χ2v) is 9.06. The van der Waals surface area contributed by atoms with Crippen molar-refractivity contribution in [3.05, 3.63) is 97.6 Å². The second kappa shape index (κ2) is 9.11. The average molecular weight is 507 g/mol. The molecule has 0 unspecified atom stereocenters. The predicted octanol–water partition coefficient (Wildman–Crippen LogP) is 6.31. The Kier molecular flexibility index (Phi) is 5.30. The van der Waals surface area contributed by atoms with Crippen LogP contribution >= 0.6 is 0 Å². The summed E-state index contributed by atoms with van der Waals surface area (Å²) in [6.07, 6.45) is 4.47. The quantitative estimate of drug-likeness (QED) is 0.208. The minimum atomic E-state index is 0.550. The van der Waals surface area contributed by atoms with E-state index in [-0.39, 0.29) is 0 Å². The van der Waals surface area contributed by atoms with Gasteiger partial charge in [0.1, 0.15) is 19.0 Å². The van der Waals surface area contributed by atoms with Crippen molar-refractivity contribution < 1.29 is 0 Å². The summed E-state index contributed by atoms with van der Waals surface area (Å²) < 4.78 is 4.14. The lowest BCUT2D eigenvalue weighted by atomic mass is 10.0. The molecular formula is C31H22N8. The van der Waals surface area contributed by atoms with Crippen LogP contribution in [0.25, 0.3) is 60.7 Å². The Morgan fingerprint density at radius 1 is 0.718 bits per heavy atom. The van der Waals surface area contributed by atoms with Crippen LogP contribution in [0.3, 0.4) is 0 Å². The molecule has 3 heterocycles. The van der Waals surface area contributed by atoms with E-state index in [1.165, 1.54) is 19.0 Å². The van der Waals surface area contributed by atoms with Gasteiger partial charge in [-0.25, -0.2) is 19.9 Å². The van der Waals surface area contributed by atoms with Gasteiger partial charge in [0.05, 0.1) is 22.1 Å². The van der Waals surface area contributed by atoms with E-state index in [2.05, 4.69) is 119 Å². The zero-order valence-corrected chi connectivity index (χ0v) is 21.1. The first kappa shape index (κ1) is 22.7. The van der Waals surface area contributed by atoms with Crippen molar-refractivity contribution in [3.63, 3.8) is 0 Å². The molecule has 0 N–H and O–H groups in total. The molecule has 8 heteroatoms. The Labute approximate surface area is 223 Å². The van der Waals surface area contributed by atoms with Gasteiger partial charge in [0.25, 0.3) is 0 Å². The van der Waals surface area contributed by atoms with Crippen molar-refractivity contribution in [1.82, 2.24) is 24.1 Å². The Balaban J connectivity index is 1.45. The molecule has 0 aliphatic rings. The summed E-state index contributed by atoms with van der Waals surface area (Å²) in [6, 6.07) is 29.7. The molecule has 0 spiro atoms. The largest absolute Gasteiger partial charge is 0.278 e. The molecule has 0 amide bonds. The van der Waals surface area contributed by atoms with Crippen LogP contribution in [0, 0.1) is 0 Å². The van der Waals surface area contributed by atoms with Gasteiger partial charge >= 0.3 is 0 Å². The standard InChI is InChI=1S/C31H22N8/c1-32-17-35-30(33-2)38-26-9-5-3-7-22(26)24-15-20(11-13-28(24)38)21-12-14-29-25(16-21)23-8-4-6-10-27(23)39(29)31-36-18-34-19-37-31/h3-19H,1H2,2H3. The number of hydrogen-bond acceptors (Lipinski definition) is 4. The molecule has 4 aromatic carbocycles. The maximum atomic E-state index is 4.42. The Bertz CT molecular complexity index is 2100. The highest BCUT2D eigenvalue weighted by molar-refractivity contribution is 6.16. The Morgan fingerprint density at radius 3 is 1.97 bits per heavy atom. The van der Waals surface area contributed by atoms with Crippen molar-refractivity contribution in [2.75, 3.05) is 7.05 Å². The van der Waals surface area contributed by atoms with Gasteiger partial charge < -0.3 is 0 Å². The number of fused-ring (bicyclic) bond motifs is 6. The highest BCUT2D eigenvalue weighted by atomic mass is 15.2. The minimum Gasteiger partial charge on any atom is -0.278 e. The van der Waals surface area contributed by atoms with Gasteiger partial charge in [-0.3, -0.25) is 19.1 Å². The van der Waals surface area contributed by atoms with Gasteiger partial charge in [-0.05, 0) is 54.2 Å². The molecule has 0 fully saturated rings. The predicted molar refractivity (Wildman–Crippen MR) is 159 cm³/mol. The molecule has 186 valence electrons. The first-order valence-electron chi connectivity index (χ1n) is 12.4. The van der Waals surface area contributed by atoms with E-state index in [1.54, 1.807) is 7.05 Å². The highest BCUT2D eigenvalue weighted by Gasteiger charge is 2.17. The van der Waals surface area contributed by atoms with Crippen LogP contribution < -0.4 is 0 Å². The fraction of sp³-hybridized carbons (Fsp3) is 0.0323. The lowest BCUT2D eigenvalue weighted by molar-refractivity contribution is 0.939. The third-order valence-corrected chi connectivity index (χ3v) is 7.01. The lowest BCUT2D eigenvalue weighted by Crippen LogP contribution is -2.08. The van der Waals surface area contributed by atoms with E-state index in [4.69, 9.17) is 0 Å². The van der Waals surface area contributed by atoms with Crippen LogP contribution in [0.2, 0.25) is 0 Å². The number of para-hydroxylation sites is 2. The van der Waals surface area contributed by atoms with E-state index < -0.39 is 0 Å². The molecule has 8 nitrogen and oxygen atoms in total. The summed E-state index contributed by atoms with van der Waals surface area (Å²) in [5, 5.41) is 4.53. The molecule has 0 radical (unpaired) electrons. The maximum absolute atomic E-state index is 4.42. The van der Waals surface area contributed by atoms with Crippen LogP contribution in [-0.2, 0) is 0 Å². The number of aromatic nitrogens is 5. The van der Waals surface area contributed by atoms with Crippen LogP contribution in [0.4, 0.5) is 0 Å². The molecule has 0 saturated carbocycles. The van der Waals surface area contributed by atoms with Gasteiger partial charge in [0.2, 0.25) is 11.9 Å². The summed E-state index contributed by atoms with van der Waals surface area (Å²) in [5.74, 6) is 1.15. The normalized spacial score (nSPS) is 12.4. The summed E-state index contributed by atoms with van der Waals surface area (Å²) in [7, 11) is 1.73. The molecular weight excluding hydrogens is 484 g/mol. The van der Waals surface area contributed by atoms with Crippen LogP contribution in [0.1, 0.15) is 0 Å². The summed E-state index contributed by atoms with van der Waals surface area (Å²) in [4.78, 5) is 25.4. The minimum absolute atomic E-state index is 0.550. The zero-order valence-electron chi connectivity index (χ0n) is 21.1. The van der Waals surface area contributed by atoms with Gasteiger partial charge in [-0.15, -0.1) is 0 Å². The van der Waals surface area contributed by atoms with E-state index in [9.17, 15) is 0 Å². The number of hydrogen-bond donors (Lipinski definition) is 0. The number of nitrogens with zero attached hydrogens (tertiary/aromatic N) is 8. The Hall–Kier alpha value is -5.50. The van der Waals surface area contributed by atoms with E-state index >= 15 is 0 Å². The molecule has 7 rings (SSSR count). The van der Waals surface area contributed by atoms with Gasteiger partial charge in [-0.1, -0.05) is 48.5 Å². The summed E-state index contributed by atoms with van der Waals surface area (Å²) in [6.45, 7) is 3.50. The monoisotopic (exact) mass is 506 g/mol. The number of rotatable bonds is 3. The van der Waals surface area contributed by atoms with E-state index in [0.29, 0.717) is 11.9 Å². The van der Waals surface area contributed by atoms with Crippen LogP contribution in [-0.4, -0.2) is 50.1 Å². The molecule has 39 heavy (non-hydrogen) atoms. The van der Waals surface area contributed by atoms with Gasteiger partial charge in [-0.2, -0.15) is 0 Å². The van der Waals surface area contributed by atoms with E-state index in [0.717, 1.165) is 54.7 Å². The first-order valence-corrected chi connectivity index (χ1v) is 12.4. The smallest absolute Gasteiger partial charge is 0.237 e. The first-order chi connectivity index (χ1) is 19.3. The second-order valence-electron chi connectivity index (χ2n) is 9.06. The highest BCUT2D eigenvalue weighted by Crippen LogP contribution is 2.36. The maximum Gasteiger partial charge on any atom is 0.237 e. The third-order valence-electron chi connectivity index (χ3n) is 7.01. The molecule has 0 bridgehead atoms. The molecule has 7 aromatic rings. The average Bonchev–Trinajstić information content (AvgIpc) is 3.50. The molecule has 0 saturated heterocycles. The fourth-order valence-electron chi connectivity index (χ4n) is 5.39. The van der Waals surface area contributed by atoms with Crippen molar-refractivity contribution in [2.45, 2.75) is 0 Å². The SMILES string of the molecule is C=NC=NC(=NC)n1c2ccccc2c2cc(-c3ccc4c(c3)c3ccccc3n4-c3ncncn3)ccc21. The lowest BCUT2D eigenvalue weighted by Gasteiger charge is -2.08. The van der Waals surface area contributed by atoms with Gasteiger partial charge in [0.15, 0.2) is 0 Å². The number of benzene rings is 4. The van der Waals surface area contributed by atoms with Crippen molar-refractivity contribution in [1.29, 1.82) is 0 Å². The molecule has 0 atom stereocenters. The fourth-order valence-corrected chi connectivity index (χ4v) is 5.39. The van der Waals surface area contributed by atoms with Crippen LogP contribution in [0.15, 0.2) is 113 Å². The molecule has 0 aliphatic carbocycles. The van der Waals surface area contributed by atoms with Crippen molar-refractivity contribution in [2.24, 2.45) is 15.0 Å². The molecule has 0 aliphatic heterocycles. The summed E-state index contributed by atoms with van der Waals surface area (Å²) in [5.41, 5.74) is 6.39. The molecule has 3 aromatic heterocycles. The topological polar surface area (TPSA) is 85.6 Å². The zero-order chi connectivity index (χ0) is 26.3. The van der Waals surface area contributed by atoms with Crippen molar-refractivity contribution in [3.8, 4) is 17.1 Å².